The molecular weight excluding hydrogens is 300 g/mol. The van der Waals surface area contributed by atoms with Crippen LogP contribution in [0.15, 0.2) is 48.8 Å². The molecule has 0 saturated carbocycles. The number of aryl methyl sites for hydroxylation is 2. The first kappa shape index (κ1) is 16.3. The standard InChI is InChI=1S/C19H22N4O/c1-14-21-18(23(22-14)17-8-5-11-20-13-17)16-7-4-6-15(12-16)9-10-19(2,3)24/h4-8,11-13,24H,9-10H2,1-3H3. The molecule has 0 saturated heterocycles. The van der Waals surface area contributed by atoms with Gasteiger partial charge in [0.25, 0.3) is 0 Å². The number of hydrogen-bond acceptors (Lipinski definition) is 4. The Bertz CT molecular complexity index is 819. The second kappa shape index (κ2) is 6.53. The van der Waals surface area contributed by atoms with Crippen molar-refractivity contribution in [1.29, 1.82) is 0 Å². The van der Waals surface area contributed by atoms with Gasteiger partial charge in [-0.25, -0.2) is 9.67 Å². The van der Waals surface area contributed by atoms with E-state index in [0.29, 0.717) is 6.42 Å². The maximum Gasteiger partial charge on any atom is 0.163 e. The summed E-state index contributed by atoms with van der Waals surface area (Å²) in [6, 6.07) is 12.1. The summed E-state index contributed by atoms with van der Waals surface area (Å²) in [5.74, 6) is 1.52. The van der Waals surface area contributed by atoms with Gasteiger partial charge in [0.05, 0.1) is 17.5 Å². The SMILES string of the molecule is Cc1nc(-c2cccc(CCC(C)(C)O)c2)n(-c2cccnc2)n1. The predicted molar refractivity (Wildman–Crippen MR) is 93.9 cm³/mol. The van der Waals surface area contributed by atoms with Gasteiger partial charge >= 0.3 is 0 Å². The molecule has 3 aromatic rings. The third-order valence-corrected chi connectivity index (χ3v) is 3.81. The van der Waals surface area contributed by atoms with E-state index in [2.05, 4.69) is 27.2 Å². The van der Waals surface area contributed by atoms with Gasteiger partial charge in [-0.1, -0.05) is 18.2 Å². The fourth-order valence-corrected chi connectivity index (χ4v) is 2.58. The Morgan fingerprint density at radius 3 is 2.71 bits per heavy atom. The Kier molecular flexibility index (Phi) is 4.44. The summed E-state index contributed by atoms with van der Waals surface area (Å²) in [6.45, 7) is 5.55. The molecular formula is C19H22N4O. The van der Waals surface area contributed by atoms with E-state index >= 15 is 0 Å². The minimum atomic E-state index is -0.664. The molecule has 0 amide bonds. The number of hydrogen-bond donors (Lipinski definition) is 1. The molecule has 1 N–H and O–H groups in total. The van der Waals surface area contributed by atoms with E-state index in [1.807, 2.05) is 49.7 Å². The third-order valence-electron chi connectivity index (χ3n) is 3.81. The monoisotopic (exact) mass is 322 g/mol. The zero-order valence-electron chi connectivity index (χ0n) is 14.3. The van der Waals surface area contributed by atoms with Crippen molar-refractivity contribution in [2.24, 2.45) is 0 Å². The van der Waals surface area contributed by atoms with Gasteiger partial charge in [-0.05, 0) is 57.4 Å². The van der Waals surface area contributed by atoms with Crippen molar-refractivity contribution in [1.82, 2.24) is 19.7 Å². The normalized spacial score (nSPS) is 11.7. The fourth-order valence-electron chi connectivity index (χ4n) is 2.58. The molecule has 0 aliphatic carbocycles. The van der Waals surface area contributed by atoms with Gasteiger partial charge in [0.15, 0.2) is 5.82 Å². The second-order valence-electron chi connectivity index (χ2n) is 6.62. The highest BCUT2D eigenvalue weighted by atomic mass is 16.3. The molecule has 24 heavy (non-hydrogen) atoms. The van der Waals surface area contributed by atoms with E-state index in [4.69, 9.17) is 0 Å². The lowest BCUT2D eigenvalue weighted by atomic mass is 9.98. The summed E-state index contributed by atoms with van der Waals surface area (Å²) in [7, 11) is 0. The number of pyridine rings is 1. The summed E-state index contributed by atoms with van der Waals surface area (Å²) in [6.07, 6.45) is 5.04. The Labute approximate surface area is 142 Å². The molecule has 3 rings (SSSR count). The van der Waals surface area contributed by atoms with Crippen molar-refractivity contribution < 1.29 is 5.11 Å². The average molecular weight is 322 g/mol. The number of benzene rings is 1. The maximum atomic E-state index is 9.93. The number of aliphatic hydroxyl groups is 1. The molecule has 0 bridgehead atoms. The summed E-state index contributed by atoms with van der Waals surface area (Å²) in [5.41, 5.74) is 2.40. The van der Waals surface area contributed by atoms with Crippen molar-refractivity contribution in [3.63, 3.8) is 0 Å². The van der Waals surface area contributed by atoms with Gasteiger partial charge in [0.1, 0.15) is 5.82 Å². The Hall–Kier alpha value is -2.53. The minimum Gasteiger partial charge on any atom is -0.390 e. The van der Waals surface area contributed by atoms with Crippen molar-refractivity contribution in [3.05, 3.63) is 60.2 Å². The molecule has 5 nitrogen and oxygen atoms in total. The van der Waals surface area contributed by atoms with E-state index in [0.717, 1.165) is 29.3 Å². The Balaban J connectivity index is 1.95. The van der Waals surface area contributed by atoms with Gasteiger partial charge in [-0.2, -0.15) is 5.10 Å². The van der Waals surface area contributed by atoms with Crippen LogP contribution in [0.1, 0.15) is 31.7 Å². The molecule has 0 atom stereocenters. The van der Waals surface area contributed by atoms with Gasteiger partial charge in [-0.3, -0.25) is 4.98 Å². The van der Waals surface area contributed by atoms with Crippen molar-refractivity contribution in [3.8, 4) is 17.1 Å². The summed E-state index contributed by atoms with van der Waals surface area (Å²) in [5, 5.41) is 14.4. The predicted octanol–water partition coefficient (Wildman–Crippen LogP) is 3.34. The van der Waals surface area contributed by atoms with Gasteiger partial charge in [0, 0.05) is 11.8 Å². The molecule has 5 heteroatoms. The van der Waals surface area contributed by atoms with Gasteiger partial charge < -0.3 is 5.11 Å². The van der Waals surface area contributed by atoms with Crippen LogP contribution in [0.3, 0.4) is 0 Å². The highest BCUT2D eigenvalue weighted by molar-refractivity contribution is 5.59. The van der Waals surface area contributed by atoms with Crippen LogP contribution in [0.2, 0.25) is 0 Å². The first-order chi connectivity index (χ1) is 11.4. The van der Waals surface area contributed by atoms with Crippen molar-refractivity contribution in [2.75, 3.05) is 0 Å². The van der Waals surface area contributed by atoms with Crippen LogP contribution >= 0.6 is 0 Å². The molecule has 0 spiro atoms. The minimum absolute atomic E-state index is 0.664. The van der Waals surface area contributed by atoms with Gasteiger partial charge in [-0.15, -0.1) is 0 Å². The van der Waals surface area contributed by atoms with E-state index in [1.165, 1.54) is 5.56 Å². The van der Waals surface area contributed by atoms with Crippen LogP contribution in [-0.4, -0.2) is 30.5 Å². The Morgan fingerprint density at radius 2 is 2.00 bits per heavy atom. The lowest BCUT2D eigenvalue weighted by Gasteiger charge is -2.16. The lowest BCUT2D eigenvalue weighted by molar-refractivity contribution is 0.0714. The molecule has 2 aromatic heterocycles. The molecule has 0 fully saturated rings. The van der Waals surface area contributed by atoms with E-state index in [9.17, 15) is 5.11 Å². The van der Waals surface area contributed by atoms with Crippen LogP contribution in [-0.2, 0) is 6.42 Å². The number of aromatic nitrogens is 4. The largest absolute Gasteiger partial charge is 0.390 e. The quantitative estimate of drug-likeness (QED) is 0.782. The van der Waals surface area contributed by atoms with Crippen LogP contribution in [0.4, 0.5) is 0 Å². The summed E-state index contributed by atoms with van der Waals surface area (Å²) >= 11 is 0. The van der Waals surface area contributed by atoms with Crippen LogP contribution in [0, 0.1) is 6.92 Å². The van der Waals surface area contributed by atoms with E-state index in [1.54, 1.807) is 12.4 Å². The zero-order chi connectivity index (χ0) is 17.2. The molecule has 124 valence electrons. The average Bonchev–Trinajstić information content (AvgIpc) is 2.95. The molecule has 1 aromatic carbocycles. The van der Waals surface area contributed by atoms with Crippen LogP contribution in [0.5, 0.6) is 0 Å². The fraction of sp³-hybridized carbons (Fsp3) is 0.316. The van der Waals surface area contributed by atoms with Crippen molar-refractivity contribution >= 4 is 0 Å². The number of rotatable bonds is 5. The molecule has 0 radical (unpaired) electrons. The van der Waals surface area contributed by atoms with Crippen LogP contribution in [0.25, 0.3) is 17.1 Å². The van der Waals surface area contributed by atoms with E-state index < -0.39 is 5.60 Å². The first-order valence-electron chi connectivity index (χ1n) is 8.08. The molecule has 0 aliphatic rings. The smallest absolute Gasteiger partial charge is 0.163 e. The lowest BCUT2D eigenvalue weighted by Crippen LogP contribution is -2.19. The highest BCUT2D eigenvalue weighted by Gasteiger charge is 2.14. The summed E-state index contributed by atoms with van der Waals surface area (Å²) < 4.78 is 1.82. The molecule has 2 heterocycles. The van der Waals surface area contributed by atoms with Crippen LogP contribution < -0.4 is 0 Å². The van der Waals surface area contributed by atoms with Gasteiger partial charge in [0.2, 0.25) is 0 Å². The number of nitrogens with zero attached hydrogens (tertiary/aromatic N) is 4. The van der Waals surface area contributed by atoms with Crippen molar-refractivity contribution in [2.45, 2.75) is 39.2 Å². The molecule has 0 unspecified atom stereocenters. The summed E-state index contributed by atoms with van der Waals surface area (Å²) in [4.78, 5) is 8.74. The maximum absolute atomic E-state index is 9.93. The van der Waals surface area contributed by atoms with E-state index in [-0.39, 0.29) is 0 Å². The molecule has 0 aliphatic heterocycles. The second-order valence-corrected chi connectivity index (χ2v) is 6.62. The topological polar surface area (TPSA) is 63.8 Å². The Morgan fingerprint density at radius 1 is 1.17 bits per heavy atom. The zero-order valence-corrected chi connectivity index (χ0v) is 14.3. The first-order valence-corrected chi connectivity index (χ1v) is 8.08. The highest BCUT2D eigenvalue weighted by Crippen LogP contribution is 2.23. The third kappa shape index (κ3) is 3.86.